The first-order chi connectivity index (χ1) is 15.9. The molecule has 3 heterocycles. The summed E-state index contributed by atoms with van der Waals surface area (Å²) in [5.41, 5.74) is 7.23. The third-order valence-electron chi connectivity index (χ3n) is 6.24. The molecule has 0 N–H and O–H groups in total. The smallest absolute Gasteiger partial charge is 0.160 e. The van der Waals surface area contributed by atoms with Crippen molar-refractivity contribution >= 4 is 43.7 Å². The van der Waals surface area contributed by atoms with Crippen molar-refractivity contribution < 1.29 is 4.42 Å². The summed E-state index contributed by atoms with van der Waals surface area (Å²) in [6, 6.07) is 35.8. The monoisotopic (exact) mass is 410 g/mol. The molecule has 0 aliphatic rings. The molecular weight excluding hydrogens is 392 g/mol. The van der Waals surface area contributed by atoms with Crippen LogP contribution in [-0.4, -0.2) is 9.55 Å². The lowest BCUT2D eigenvalue weighted by Gasteiger charge is -2.10. The Hall–Kier alpha value is -4.37. The molecule has 0 saturated heterocycles. The van der Waals surface area contributed by atoms with E-state index >= 15 is 0 Å². The Morgan fingerprint density at radius 1 is 0.625 bits per heavy atom. The number of hydrogen-bond donors (Lipinski definition) is 0. The van der Waals surface area contributed by atoms with Gasteiger partial charge in [0, 0.05) is 39.0 Å². The Bertz CT molecular complexity index is 1770. The van der Waals surface area contributed by atoms with Crippen molar-refractivity contribution in [2.24, 2.45) is 0 Å². The number of para-hydroxylation sites is 2. The van der Waals surface area contributed by atoms with E-state index < -0.39 is 0 Å². The summed E-state index contributed by atoms with van der Waals surface area (Å²) in [5, 5.41) is 4.69. The molecule has 0 unspecified atom stereocenters. The van der Waals surface area contributed by atoms with Gasteiger partial charge in [0.1, 0.15) is 5.58 Å². The van der Waals surface area contributed by atoms with Crippen molar-refractivity contribution in [3.63, 3.8) is 0 Å². The summed E-state index contributed by atoms with van der Waals surface area (Å²) in [6.07, 6.45) is 1.83. The van der Waals surface area contributed by atoms with Gasteiger partial charge in [0.25, 0.3) is 0 Å². The molecular formula is C29H18N2O. The number of rotatable bonds is 2. The molecule has 3 aromatic heterocycles. The molecule has 7 aromatic rings. The molecule has 0 fully saturated rings. The lowest BCUT2D eigenvalue weighted by molar-refractivity contribution is 0.671. The minimum atomic E-state index is 0.911. The van der Waals surface area contributed by atoms with Gasteiger partial charge < -0.3 is 8.98 Å². The van der Waals surface area contributed by atoms with Gasteiger partial charge in [-0.05, 0) is 42.5 Å². The van der Waals surface area contributed by atoms with Gasteiger partial charge in [-0.25, -0.2) is 0 Å². The van der Waals surface area contributed by atoms with E-state index in [1.54, 1.807) is 0 Å². The first-order valence-electron chi connectivity index (χ1n) is 10.7. The summed E-state index contributed by atoms with van der Waals surface area (Å²) in [4.78, 5) is 4.55. The third-order valence-corrected chi connectivity index (χ3v) is 6.24. The number of furan rings is 1. The second-order valence-corrected chi connectivity index (χ2v) is 8.05. The number of pyridine rings is 1. The van der Waals surface area contributed by atoms with Crippen LogP contribution in [0.5, 0.6) is 0 Å². The summed E-state index contributed by atoms with van der Waals surface area (Å²) in [5.74, 6) is 0. The second-order valence-electron chi connectivity index (χ2n) is 8.05. The Balaban J connectivity index is 1.63. The van der Waals surface area contributed by atoms with E-state index in [4.69, 9.17) is 4.42 Å². The van der Waals surface area contributed by atoms with Gasteiger partial charge in [0.05, 0.1) is 16.7 Å². The standard InChI is InChI=1S/C29H18N2O/c1-3-13-26-21(10-1)23-15-16-24-22-11-2-4-14-27(22)32-29(24)28(23)31(26)20-9-7-8-19(18-20)25-12-5-6-17-30-25/h1-18H. The van der Waals surface area contributed by atoms with Gasteiger partial charge in [-0.1, -0.05) is 60.7 Å². The molecule has 0 atom stereocenters. The van der Waals surface area contributed by atoms with E-state index in [1.165, 1.54) is 10.8 Å². The summed E-state index contributed by atoms with van der Waals surface area (Å²) >= 11 is 0. The van der Waals surface area contributed by atoms with Crippen LogP contribution < -0.4 is 0 Å². The predicted octanol–water partition coefficient (Wildman–Crippen LogP) is 7.75. The van der Waals surface area contributed by atoms with Crippen molar-refractivity contribution in [3.05, 3.63) is 109 Å². The van der Waals surface area contributed by atoms with Crippen LogP contribution in [0.25, 0.3) is 60.7 Å². The van der Waals surface area contributed by atoms with Crippen molar-refractivity contribution in [3.8, 4) is 16.9 Å². The van der Waals surface area contributed by atoms with E-state index in [0.717, 1.165) is 49.9 Å². The van der Waals surface area contributed by atoms with Crippen LogP contribution in [0.2, 0.25) is 0 Å². The number of benzene rings is 4. The van der Waals surface area contributed by atoms with Gasteiger partial charge in [-0.2, -0.15) is 0 Å². The molecule has 3 heteroatoms. The second kappa shape index (κ2) is 6.56. The summed E-state index contributed by atoms with van der Waals surface area (Å²) in [7, 11) is 0. The van der Waals surface area contributed by atoms with Crippen LogP contribution in [0.1, 0.15) is 0 Å². The van der Waals surface area contributed by atoms with Crippen LogP contribution in [0, 0.1) is 0 Å². The Morgan fingerprint density at radius 3 is 2.34 bits per heavy atom. The zero-order chi connectivity index (χ0) is 21.1. The van der Waals surface area contributed by atoms with Gasteiger partial charge >= 0.3 is 0 Å². The first-order valence-corrected chi connectivity index (χ1v) is 10.7. The average molecular weight is 410 g/mol. The van der Waals surface area contributed by atoms with E-state index in [9.17, 15) is 0 Å². The van der Waals surface area contributed by atoms with Gasteiger partial charge in [0.2, 0.25) is 0 Å². The normalized spacial score (nSPS) is 11.8. The van der Waals surface area contributed by atoms with Crippen molar-refractivity contribution in [2.75, 3.05) is 0 Å². The SMILES string of the molecule is c1ccc(-c2cccc(-n3c4ccccc4c4ccc5c6ccccc6oc5c43)c2)nc1. The molecule has 0 aliphatic heterocycles. The zero-order valence-electron chi connectivity index (χ0n) is 17.2. The molecule has 32 heavy (non-hydrogen) atoms. The maximum Gasteiger partial charge on any atom is 0.160 e. The van der Waals surface area contributed by atoms with Gasteiger partial charge in [-0.15, -0.1) is 0 Å². The number of hydrogen-bond acceptors (Lipinski definition) is 2. The molecule has 0 bridgehead atoms. The highest BCUT2D eigenvalue weighted by molar-refractivity contribution is 6.21. The first kappa shape index (κ1) is 17.3. The van der Waals surface area contributed by atoms with Crippen LogP contribution in [0.15, 0.2) is 114 Å². The lowest BCUT2D eigenvalue weighted by Crippen LogP contribution is -1.95. The molecule has 3 nitrogen and oxygen atoms in total. The molecule has 0 saturated carbocycles. The lowest BCUT2D eigenvalue weighted by atomic mass is 10.1. The van der Waals surface area contributed by atoms with E-state index in [0.29, 0.717) is 0 Å². The van der Waals surface area contributed by atoms with Crippen LogP contribution >= 0.6 is 0 Å². The number of fused-ring (bicyclic) bond motifs is 7. The third kappa shape index (κ3) is 2.39. The largest absolute Gasteiger partial charge is 0.454 e. The average Bonchev–Trinajstić information content (AvgIpc) is 3.41. The Morgan fingerprint density at radius 2 is 1.44 bits per heavy atom. The quantitative estimate of drug-likeness (QED) is 0.292. The Kier molecular flexibility index (Phi) is 3.55. The maximum absolute atomic E-state index is 6.44. The molecule has 0 radical (unpaired) electrons. The number of aromatic nitrogens is 2. The minimum absolute atomic E-state index is 0.911. The summed E-state index contributed by atoms with van der Waals surface area (Å²) in [6.45, 7) is 0. The van der Waals surface area contributed by atoms with E-state index in [-0.39, 0.29) is 0 Å². The molecule has 7 rings (SSSR count). The van der Waals surface area contributed by atoms with Crippen LogP contribution in [-0.2, 0) is 0 Å². The van der Waals surface area contributed by atoms with E-state index in [1.807, 2.05) is 36.5 Å². The van der Waals surface area contributed by atoms with Gasteiger partial charge in [-0.3, -0.25) is 4.98 Å². The molecule has 0 spiro atoms. The molecule has 150 valence electrons. The molecule has 0 aliphatic carbocycles. The predicted molar refractivity (Wildman–Crippen MR) is 131 cm³/mol. The zero-order valence-corrected chi connectivity index (χ0v) is 17.2. The molecule has 0 amide bonds. The highest BCUT2D eigenvalue weighted by Gasteiger charge is 2.18. The fourth-order valence-electron chi connectivity index (χ4n) is 4.84. The maximum atomic E-state index is 6.44. The topological polar surface area (TPSA) is 31.0 Å². The highest BCUT2D eigenvalue weighted by Crippen LogP contribution is 2.40. The van der Waals surface area contributed by atoms with E-state index in [2.05, 4.69) is 82.3 Å². The Labute approximate surface area is 184 Å². The van der Waals surface area contributed by atoms with Crippen LogP contribution in [0.4, 0.5) is 0 Å². The highest BCUT2D eigenvalue weighted by atomic mass is 16.3. The minimum Gasteiger partial charge on any atom is -0.454 e. The fourth-order valence-corrected chi connectivity index (χ4v) is 4.84. The van der Waals surface area contributed by atoms with Crippen LogP contribution in [0.3, 0.4) is 0 Å². The van der Waals surface area contributed by atoms with Crippen molar-refractivity contribution in [2.45, 2.75) is 0 Å². The van der Waals surface area contributed by atoms with Crippen molar-refractivity contribution in [1.82, 2.24) is 9.55 Å². The van der Waals surface area contributed by atoms with Crippen molar-refractivity contribution in [1.29, 1.82) is 0 Å². The molecule has 4 aromatic carbocycles. The summed E-state index contributed by atoms with van der Waals surface area (Å²) < 4.78 is 8.76. The van der Waals surface area contributed by atoms with Gasteiger partial charge in [0.15, 0.2) is 5.58 Å². The fraction of sp³-hybridized carbons (Fsp3) is 0. The number of nitrogens with zero attached hydrogens (tertiary/aromatic N) is 2.